The molecule has 39 heavy (non-hydrogen) atoms. The zero-order chi connectivity index (χ0) is 28.0. The molecule has 0 spiro atoms. The van der Waals surface area contributed by atoms with Crippen LogP contribution < -0.4 is 4.72 Å². The smallest absolute Gasteiger partial charge is 0.421 e. The molecule has 3 saturated heterocycles. The lowest BCUT2D eigenvalue weighted by atomic mass is 10.0. The monoisotopic (exact) mass is 568 g/mol. The number of rotatable bonds is 13. The van der Waals surface area contributed by atoms with Crippen LogP contribution in [0.1, 0.15) is 71.3 Å². The summed E-state index contributed by atoms with van der Waals surface area (Å²) in [6.45, 7) is 10.3. The first-order chi connectivity index (χ1) is 18.6. The van der Waals surface area contributed by atoms with Gasteiger partial charge in [0.05, 0.1) is 4.90 Å². The van der Waals surface area contributed by atoms with Crippen molar-refractivity contribution < 1.29 is 36.9 Å². The molecule has 0 aromatic heterocycles. The van der Waals surface area contributed by atoms with Gasteiger partial charge in [-0.2, -0.15) is 0 Å². The summed E-state index contributed by atoms with van der Waals surface area (Å²) in [5.41, 5.74) is 0.912. The van der Waals surface area contributed by atoms with Gasteiger partial charge in [0.2, 0.25) is 0 Å². The Morgan fingerprint density at radius 2 is 1.79 bits per heavy atom. The molecule has 3 aliphatic heterocycles. The fourth-order valence-electron chi connectivity index (χ4n) is 5.39. The third-order valence-corrected chi connectivity index (χ3v) is 8.72. The number of likely N-dealkylation sites (tertiary alicyclic amines) is 1. The second-order valence-corrected chi connectivity index (χ2v) is 12.9. The van der Waals surface area contributed by atoms with E-state index in [1.165, 1.54) is 25.0 Å². The van der Waals surface area contributed by atoms with E-state index >= 15 is 0 Å². The highest BCUT2D eigenvalue weighted by molar-refractivity contribution is 7.90. The summed E-state index contributed by atoms with van der Waals surface area (Å²) in [7, 11) is -4.10. The summed E-state index contributed by atoms with van der Waals surface area (Å²) < 4.78 is 58.2. The van der Waals surface area contributed by atoms with Crippen molar-refractivity contribution in [3.63, 3.8) is 0 Å². The first-order valence-corrected chi connectivity index (χ1v) is 15.7. The minimum Gasteiger partial charge on any atom is -0.441 e. The molecular formula is C28H44N2O8S. The minimum atomic E-state index is -4.10. The number of hydrogen-bond donors (Lipinski definition) is 1. The zero-order valence-corrected chi connectivity index (χ0v) is 24.4. The first kappa shape index (κ1) is 30.2. The zero-order valence-electron chi connectivity index (χ0n) is 23.6. The fourth-order valence-corrected chi connectivity index (χ4v) is 6.27. The maximum Gasteiger partial charge on any atom is 0.421 e. The number of nitrogens with one attached hydrogen (secondary N) is 1. The quantitative estimate of drug-likeness (QED) is 0.351. The van der Waals surface area contributed by atoms with E-state index < -0.39 is 52.6 Å². The molecule has 0 saturated carbocycles. The Morgan fingerprint density at radius 1 is 1.10 bits per heavy atom. The summed E-state index contributed by atoms with van der Waals surface area (Å²) in [5, 5.41) is 0. The van der Waals surface area contributed by atoms with E-state index in [9.17, 15) is 13.2 Å². The minimum absolute atomic E-state index is 0.0129. The van der Waals surface area contributed by atoms with Crippen molar-refractivity contribution >= 4 is 16.1 Å². The molecule has 11 heteroatoms. The number of hydrogen-bond acceptors (Lipinski definition) is 9. The third kappa shape index (κ3) is 8.14. The van der Waals surface area contributed by atoms with Crippen molar-refractivity contribution in [1.82, 2.24) is 9.62 Å². The molecule has 3 heterocycles. The van der Waals surface area contributed by atoms with Crippen LogP contribution in [0.5, 0.6) is 0 Å². The van der Waals surface area contributed by atoms with Crippen LogP contribution in [-0.4, -0.2) is 82.1 Å². The number of sulfonamides is 1. The van der Waals surface area contributed by atoms with Gasteiger partial charge in [-0.25, -0.2) is 17.9 Å². The molecule has 1 amide bonds. The first-order valence-electron chi connectivity index (χ1n) is 14.2. The average Bonchev–Trinajstić information content (AvgIpc) is 3.56. The molecule has 0 bridgehead atoms. The Kier molecular flexibility index (Phi) is 10.3. The molecule has 1 N–H and O–H groups in total. The molecule has 5 atom stereocenters. The van der Waals surface area contributed by atoms with Crippen molar-refractivity contribution in [3.05, 3.63) is 29.8 Å². The van der Waals surface area contributed by atoms with E-state index in [2.05, 4.69) is 16.5 Å². The highest BCUT2D eigenvalue weighted by Crippen LogP contribution is 2.40. The number of amides is 1. The van der Waals surface area contributed by atoms with Gasteiger partial charge in [0.25, 0.3) is 10.0 Å². The Morgan fingerprint density at radius 3 is 2.49 bits per heavy atom. The number of fused-ring (bicyclic) bond motifs is 1. The van der Waals surface area contributed by atoms with Crippen LogP contribution in [0.25, 0.3) is 0 Å². The van der Waals surface area contributed by atoms with Gasteiger partial charge in [-0.3, -0.25) is 4.90 Å². The Balaban J connectivity index is 1.47. The molecule has 4 rings (SSSR count). The van der Waals surface area contributed by atoms with Gasteiger partial charge in [-0.05, 0) is 65.3 Å². The van der Waals surface area contributed by atoms with Gasteiger partial charge in [-0.15, -0.1) is 0 Å². The topological polar surface area (TPSA) is 113 Å². The normalized spacial score (nSPS) is 27.4. The van der Waals surface area contributed by atoms with Crippen LogP contribution in [0, 0.1) is 6.92 Å². The van der Waals surface area contributed by atoms with E-state index in [4.69, 9.17) is 23.7 Å². The van der Waals surface area contributed by atoms with E-state index in [0.29, 0.717) is 13.2 Å². The number of benzene rings is 1. The molecule has 3 aliphatic rings. The predicted molar refractivity (Wildman–Crippen MR) is 145 cm³/mol. The Bertz CT molecular complexity index is 1040. The van der Waals surface area contributed by atoms with Crippen LogP contribution in [0.15, 0.2) is 29.2 Å². The van der Waals surface area contributed by atoms with Gasteiger partial charge in [0, 0.05) is 13.2 Å². The number of ether oxygens (including phenoxy) is 5. The summed E-state index contributed by atoms with van der Waals surface area (Å²) >= 11 is 0. The van der Waals surface area contributed by atoms with E-state index in [1.54, 1.807) is 12.1 Å². The molecule has 1 aromatic rings. The van der Waals surface area contributed by atoms with Crippen LogP contribution in [0.3, 0.4) is 0 Å². The fraction of sp³-hybridized carbons (Fsp3) is 0.750. The lowest BCUT2D eigenvalue weighted by Gasteiger charge is -2.32. The second-order valence-electron chi connectivity index (χ2n) is 11.2. The SMILES string of the molecule is CCCCCCCO[C@@H]1[C@H]2OC(C)(C)O[C@H]2O[C@@H]1C(CN1CCCC1)OC(=O)NS(=O)(=O)c1ccc(C)cc1. The number of unbranched alkanes of at least 4 members (excludes halogenated alkanes) is 4. The maximum absolute atomic E-state index is 13.0. The predicted octanol–water partition coefficient (Wildman–Crippen LogP) is 4.11. The van der Waals surface area contributed by atoms with Crippen LogP contribution in [0.2, 0.25) is 0 Å². The highest BCUT2D eigenvalue weighted by atomic mass is 32.2. The van der Waals surface area contributed by atoms with Gasteiger partial charge in [0.15, 0.2) is 12.1 Å². The maximum atomic E-state index is 13.0. The summed E-state index contributed by atoms with van der Waals surface area (Å²) in [6, 6.07) is 6.25. The average molecular weight is 569 g/mol. The molecule has 10 nitrogen and oxygen atoms in total. The van der Waals surface area contributed by atoms with Crippen LogP contribution in [0.4, 0.5) is 4.79 Å². The van der Waals surface area contributed by atoms with Crippen molar-refractivity contribution in [2.24, 2.45) is 0 Å². The largest absolute Gasteiger partial charge is 0.441 e. The Hall–Kier alpha value is -1.76. The molecule has 220 valence electrons. The van der Waals surface area contributed by atoms with Crippen molar-refractivity contribution in [2.45, 2.75) is 114 Å². The molecular weight excluding hydrogens is 524 g/mol. The Labute approximate surface area is 232 Å². The third-order valence-electron chi connectivity index (χ3n) is 7.40. The number of carbonyl (C=O) groups excluding carboxylic acids is 1. The summed E-state index contributed by atoms with van der Waals surface area (Å²) in [4.78, 5) is 15.1. The lowest BCUT2D eigenvalue weighted by Crippen LogP contribution is -2.50. The molecule has 3 fully saturated rings. The van der Waals surface area contributed by atoms with Crippen molar-refractivity contribution in [1.29, 1.82) is 0 Å². The van der Waals surface area contributed by atoms with E-state index in [-0.39, 0.29) is 4.90 Å². The van der Waals surface area contributed by atoms with Crippen molar-refractivity contribution in [2.75, 3.05) is 26.2 Å². The highest BCUT2D eigenvalue weighted by Gasteiger charge is 2.58. The molecule has 0 radical (unpaired) electrons. The van der Waals surface area contributed by atoms with Gasteiger partial charge in [-0.1, -0.05) is 50.3 Å². The molecule has 1 aromatic carbocycles. The number of aryl methyl sites for hydroxylation is 1. The van der Waals surface area contributed by atoms with E-state index in [0.717, 1.165) is 50.8 Å². The summed E-state index contributed by atoms with van der Waals surface area (Å²) in [5.74, 6) is -0.826. The summed E-state index contributed by atoms with van der Waals surface area (Å²) in [6.07, 6.45) is 3.38. The number of carbonyl (C=O) groups is 1. The second kappa shape index (κ2) is 13.3. The van der Waals surface area contributed by atoms with Crippen LogP contribution >= 0.6 is 0 Å². The van der Waals surface area contributed by atoms with Crippen molar-refractivity contribution in [3.8, 4) is 0 Å². The van der Waals surface area contributed by atoms with Gasteiger partial charge < -0.3 is 23.7 Å². The van der Waals surface area contributed by atoms with Crippen LogP contribution in [-0.2, 0) is 33.7 Å². The molecule has 1 unspecified atom stereocenters. The molecule has 0 aliphatic carbocycles. The number of nitrogens with zero attached hydrogens (tertiary/aromatic N) is 1. The standard InChI is InChI=1S/C28H44N2O8S/c1-5-6-7-8-11-18-34-24-23(36-26-25(24)37-28(3,4)38-26)22(19-30-16-9-10-17-30)35-27(31)29-39(32,33)21-14-12-20(2)13-15-21/h12-15,22-26H,5-11,16-19H2,1-4H3,(H,29,31)/t22?,23-,24+,25-,26-/m1/s1. The van der Waals surface area contributed by atoms with E-state index in [1.807, 2.05) is 20.8 Å². The van der Waals surface area contributed by atoms with Gasteiger partial charge >= 0.3 is 6.09 Å². The lowest BCUT2D eigenvalue weighted by molar-refractivity contribution is -0.230. The van der Waals surface area contributed by atoms with Gasteiger partial charge in [0.1, 0.15) is 24.4 Å².